The summed E-state index contributed by atoms with van der Waals surface area (Å²) in [5, 5.41) is 0. The van der Waals surface area contributed by atoms with Gasteiger partial charge >= 0.3 is 0 Å². The molecule has 0 aliphatic rings. The van der Waals surface area contributed by atoms with Gasteiger partial charge in [0.1, 0.15) is 0 Å². The highest BCUT2D eigenvalue weighted by molar-refractivity contribution is 4.58. The Kier molecular flexibility index (Phi) is 7.64. The van der Waals surface area contributed by atoms with E-state index in [0.29, 0.717) is 0 Å². The molecule has 12 heavy (non-hydrogen) atoms. The van der Waals surface area contributed by atoms with Crippen molar-refractivity contribution in [3.05, 3.63) is 0 Å². The third-order valence-electron chi connectivity index (χ3n) is 2.80. The van der Waals surface area contributed by atoms with E-state index in [9.17, 15) is 0 Å². The molecule has 0 aliphatic heterocycles. The molecule has 0 rings (SSSR count). The lowest BCUT2D eigenvalue weighted by Gasteiger charge is -2.15. The Hall–Kier alpha value is 0. The number of hydrogen-bond acceptors (Lipinski definition) is 0. The Balaban J connectivity index is 3.26. The Morgan fingerprint density at radius 1 is 0.917 bits per heavy atom. The fraction of sp³-hybridized carbons (Fsp3) is 1.00. The maximum atomic E-state index is 2.40. The number of unbranched alkanes of at least 4 members (excludes halogenated alkanes) is 2. The highest BCUT2D eigenvalue weighted by Gasteiger charge is 2.06. The van der Waals surface area contributed by atoms with Crippen LogP contribution in [0.3, 0.4) is 0 Å². The van der Waals surface area contributed by atoms with Gasteiger partial charge < -0.3 is 0 Å². The van der Waals surface area contributed by atoms with Gasteiger partial charge in [-0.3, -0.25) is 0 Å². The van der Waals surface area contributed by atoms with Crippen molar-refractivity contribution in [1.29, 1.82) is 0 Å². The van der Waals surface area contributed by atoms with Gasteiger partial charge in [-0.2, -0.15) is 0 Å². The molecule has 0 N–H and O–H groups in total. The van der Waals surface area contributed by atoms with Gasteiger partial charge in [-0.05, 0) is 18.3 Å². The first-order valence-electron chi connectivity index (χ1n) is 5.70. The molecule has 74 valence electrons. The summed E-state index contributed by atoms with van der Waals surface area (Å²) in [6.07, 6.45) is 8.44. The molecule has 0 unspecified atom stereocenters. The van der Waals surface area contributed by atoms with Crippen LogP contribution >= 0.6 is 0 Å². The van der Waals surface area contributed by atoms with Gasteiger partial charge in [0.25, 0.3) is 0 Å². The topological polar surface area (TPSA) is 0 Å². The smallest absolute Gasteiger partial charge is 0.0440 e. The van der Waals surface area contributed by atoms with Crippen molar-refractivity contribution in [2.75, 3.05) is 0 Å². The minimum atomic E-state index is 0.932. The first-order valence-corrected chi connectivity index (χ1v) is 5.70. The van der Waals surface area contributed by atoms with Gasteiger partial charge in [-0.25, -0.2) is 0 Å². The second-order valence-corrected chi connectivity index (χ2v) is 4.35. The van der Waals surface area contributed by atoms with Crippen LogP contribution in [-0.2, 0) is 0 Å². The van der Waals surface area contributed by atoms with Gasteiger partial charge in [-0.15, -0.1) is 0 Å². The van der Waals surface area contributed by atoms with E-state index in [4.69, 9.17) is 0 Å². The zero-order chi connectivity index (χ0) is 9.40. The molecule has 0 heterocycles. The molecule has 0 spiro atoms. The van der Waals surface area contributed by atoms with Gasteiger partial charge in [-0.1, -0.05) is 59.8 Å². The van der Waals surface area contributed by atoms with E-state index < -0.39 is 0 Å². The van der Waals surface area contributed by atoms with Gasteiger partial charge in [0.15, 0.2) is 0 Å². The molecule has 0 aromatic carbocycles. The largest absolute Gasteiger partial charge is 0.0654 e. The highest BCUT2D eigenvalue weighted by Crippen LogP contribution is 2.19. The summed E-state index contributed by atoms with van der Waals surface area (Å²) >= 11 is 0. The second kappa shape index (κ2) is 7.64. The number of rotatable bonds is 7. The minimum Gasteiger partial charge on any atom is -0.0654 e. The summed E-state index contributed by atoms with van der Waals surface area (Å²) in [5.41, 5.74) is 0. The zero-order valence-electron chi connectivity index (χ0n) is 9.40. The van der Waals surface area contributed by atoms with E-state index >= 15 is 0 Å². The Morgan fingerprint density at radius 3 is 2.08 bits per heavy atom. The van der Waals surface area contributed by atoms with Crippen molar-refractivity contribution in [2.45, 2.75) is 66.2 Å². The molecule has 0 heteroatoms. The molecule has 0 fully saturated rings. The van der Waals surface area contributed by atoms with Crippen molar-refractivity contribution in [3.63, 3.8) is 0 Å². The average Bonchev–Trinajstić information content (AvgIpc) is 2.05. The van der Waals surface area contributed by atoms with Crippen LogP contribution in [0.2, 0.25) is 0 Å². The average molecular weight is 170 g/mol. The first kappa shape index (κ1) is 12.0. The zero-order valence-corrected chi connectivity index (χ0v) is 9.40. The van der Waals surface area contributed by atoms with Crippen molar-refractivity contribution in [3.8, 4) is 0 Å². The van der Waals surface area contributed by atoms with Crippen LogP contribution in [0, 0.1) is 11.8 Å². The molecule has 2 atom stereocenters. The minimum absolute atomic E-state index is 0.932. The third-order valence-corrected chi connectivity index (χ3v) is 2.80. The van der Waals surface area contributed by atoms with E-state index in [-0.39, 0.29) is 0 Å². The fourth-order valence-corrected chi connectivity index (χ4v) is 1.71. The molecule has 0 aromatic rings. The van der Waals surface area contributed by atoms with Crippen LogP contribution < -0.4 is 0 Å². The van der Waals surface area contributed by atoms with E-state index in [2.05, 4.69) is 27.7 Å². The summed E-state index contributed by atoms with van der Waals surface area (Å²) in [6, 6.07) is 0. The van der Waals surface area contributed by atoms with E-state index in [1.165, 1.54) is 38.5 Å². The van der Waals surface area contributed by atoms with Crippen LogP contribution in [0.1, 0.15) is 66.2 Å². The van der Waals surface area contributed by atoms with E-state index in [1.54, 1.807) is 0 Å². The molecule has 0 aromatic heterocycles. The summed E-state index contributed by atoms with van der Waals surface area (Å²) in [7, 11) is 0. The fourth-order valence-electron chi connectivity index (χ4n) is 1.71. The summed E-state index contributed by atoms with van der Waals surface area (Å²) in [4.78, 5) is 0. The highest BCUT2D eigenvalue weighted by atomic mass is 14.1. The summed E-state index contributed by atoms with van der Waals surface area (Å²) in [6.45, 7) is 9.35. The Labute approximate surface area is 78.8 Å². The van der Waals surface area contributed by atoms with Gasteiger partial charge in [0, 0.05) is 0 Å². The van der Waals surface area contributed by atoms with Crippen molar-refractivity contribution in [2.24, 2.45) is 11.8 Å². The summed E-state index contributed by atoms with van der Waals surface area (Å²) in [5.74, 6) is 1.88. The maximum absolute atomic E-state index is 2.40. The Morgan fingerprint density at radius 2 is 1.58 bits per heavy atom. The van der Waals surface area contributed by atoms with Crippen LogP contribution in [0.4, 0.5) is 0 Å². The predicted octanol–water partition coefficient (Wildman–Crippen LogP) is 4.64. The molecule has 0 amide bonds. The molecule has 0 bridgehead atoms. The van der Waals surface area contributed by atoms with Crippen LogP contribution in [-0.4, -0.2) is 0 Å². The van der Waals surface area contributed by atoms with Crippen LogP contribution in [0.25, 0.3) is 0 Å². The Bertz CT molecular complexity index is 86.0. The normalized spacial score (nSPS) is 16.0. The molecule has 0 radical (unpaired) electrons. The second-order valence-electron chi connectivity index (χ2n) is 4.35. The SMILES string of the molecule is CCCCC[C@H](C)C[C@H](C)CC. The van der Waals surface area contributed by atoms with E-state index in [1.807, 2.05) is 0 Å². The third kappa shape index (κ3) is 6.69. The van der Waals surface area contributed by atoms with Crippen LogP contribution in [0.5, 0.6) is 0 Å². The van der Waals surface area contributed by atoms with Crippen LogP contribution in [0.15, 0.2) is 0 Å². The lowest BCUT2D eigenvalue weighted by atomic mass is 9.91. The van der Waals surface area contributed by atoms with Crippen molar-refractivity contribution >= 4 is 0 Å². The maximum Gasteiger partial charge on any atom is -0.0440 e. The molecule has 0 saturated carbocycles. The molecular weight excluding hydrogens is 144 g/mol. The van der Waals surface area contributed by atoms with Gasteiger partial charge in [0.2, 0.25) is 0 Å². The van der Waals surface area contributed by atoms with Gasteiger partial charge in [0.05, 0.1) is 0 Å². The molecule has 0 nitrogen and oxygen atoms in total. The first-order chi connectivity index (χ1) is 5.70. The lowest BCUT2D eigenvalue weighted by Crippen LogP contribution is -2.02. The molecular formula is C12H26. The van der Waals surface area contributed by atoms with E-state index in [0.717, 1.165) is 11.8 Å². The molecule has 0 aliphatic carbocycles. The monoisotopic (exact) mass is 170 g/mol. The predicted molar refractivity (Wildman–Crippen MR) is 57.4 cm³/mol. The quantitative estimate of drug-likeness (QED) is 0.488. The van der Waals surface area contributed by atoms with Crippen molar-refractivity contribution in [1.82, 2.24) is 0 Å². The lowest BCUT2D eigenvalue weighted by molar-refractivity contribution is 0.376. The molecule has 0 saturated heterocycles. The van der Waals surface area contributed by atoms with Crippen molar-refractivity contribution < 1.29 is 0 Å². The standard InChI is InChI=1S/C12H26/c1-5-7-8-9-12(4)10-11(3)6-2/h11-12H,5-10H2,1-4H3/t11-,12+/m1/s1. The number of hydrogen-bond donors (Lipinski definition) is 0. The summed E-state index contributed by atoms with van der Waals surface area (Å²) < 4.78 is 0.